The van der Waals surface area contributed by atoms with Gasteiger partial charge in [0.1, 0.15) is 0 Å². The summed E-state index contributed by atoms with van der Waals surface area (Å²) in [5.74, 6) is 0. The van der Waals surface area contributed by atoms with Crippen LogP contribution in [0.5, 0.6) is 0 Å². The molecule has 1 aliphatic heterocycles. The first-order chi connectivity index (χ1) is 8.29. The molecule has 0 saturated heterocycles. The second-order valence-corrected chi connectivity index (χ2v) is 5.65. The smallest absolute Gasteiger partial charge is 0.129 e. The van der Waals surface area contributed by atoms with Gasteiger partial charge in [-0.2, -0.15) is 0 Å². The van der Waals surface area contributed by atoms with Crippen LogP contribution >= 0.6 is 0 Å². The summed E-state index contributed by atoms with van der Waals surface area (Å²) in [5, 5.41) is 0. The van der Waals surface area contributed by atoms with E-state index in [4.69, 9.17) is 0 Å². The Balaban J connectivity index is 2.70. The first-order valence-electron chi connectivity index (χ1n) is 6.75. The molecule has 2 heterocycles. The van der Waals surface area contributed by atoms with E-state index in [0.29, 0.717) is 6.04 Å². The van der Waals surface area contributed by atoms with E-state index >= 15 is 0 Å². The molecule has 0 aromatic carbocycles. The van der Waals surface area contributed by atoms with Gasteiger partial charge in [-0.25, -0.2) is 0 Å². The average molecular weight is 245 g/mol. The minimum absolute atomic E-state index is 0.452. The molecule has 1 aromatic heterocycles. The van der Waals surface area contributed by atoms with Crippen molar-refractivity contribution in [1.29, 1.82) is 0 Å². The molecule has 2 heteroatoms. The van der Waals surface area contributed by atoms with E-state index in [-0.39, 0.29) is 0 Å². The van der Waals surface area contributed by atoms with E-state index in [1.165, 1.54) is 39.4 Å². The van der Waals surface area contributed by atoms with Gasteiger partial charge in [0.25, 0.3) is 0 Å². The van der Waals surface area contributed by atoms with Crippen LogP contribution in [0, 0.1) is 27.7 Å². The monoisotopic (exact) mass is 245 g/mol. The highest BCUT2D eigenvalue weighted by Crippen LogP contribution is 2.26. The van der Waals surface area contributed by atoms with Crippen molar-refractivity contribution in [3.8, 4) is 0 Å². The van der Waals surface area contributed by atoms with E-state index in [9.17, 15) is 0 Å². The third kappa shape index (κ3) is 1.51. The minimum Gasteiger partial charge on any atom is -0.129 e. The lowest BCUT2D eigenvalue weighted by molar-refractivity contribution is -0.607. The molecule has 0 unspecified atom stereocenters. The van der Waals surface area contributed by atoms with Crippen LogP contribution in [0.15, 0.2) is 11.1 Å². The summed E-state index contributed by atoms with van der Waals surface area (Å²) in [5.41, 5.74) is 9.84. The molecule has 0 N–H and O–H groups in total. The average Bonchev–Trinajstić information content (AvgIpc) is 2.64. The van der Waals surface area contributed by atoms with Crippen LogP contribution in [0.3, 0.4) is 0 Å². The Bertz CT molecular complexity index is 557. The molecule has 0 amide bonds. The van der Waals surface area contributed by atoms with Gasteiger partial charge in [0, 0.05) is 25.0 Å². The quantitative estimate of drug-likeness (QED) is 0.667. The van der Waals surface area contributed by atoms with Crippen molar-refractivity contribution < 1.29 is 4.68 Å². The van der Waals surface area contributed by atoms with E-state index in [2.05, 4.69) is 64.8 Å². The van der Waals surface area contributed by atoms with Gasteiger partial charge in [0.15, 0.2) is 0 Å². The van der Waals surface area contributed by atoms with Crippen LogP contribution in [0.1, 0.15) is 50.2 Å². The molecule has 0 radical (unpaired) electrons. The Morgan fingerprint density at radius 1 is 0.833 bits per heavy atom. The van der Waals surface area contributed by atoms with Crippen molar-refractivity contribution >= 4 is 5.71 Å². The molecule has 2 nitrogen and oxygen atoms in total. The summed E-state index contributed by atoms with van der Waals surface area (Å²) < 4.78 is 4.83. The lowest BCUT2D eigenvalue weighted by atomic mass is 10.1. The molecule has 2 rings (SSSR count). The summed E-state index contributed by atoms with van der Waals surface area (Å²) in [6, 6.07) is 0.452. The molecule has 18 heavy (non-hydrogen) atoms. The van der Waals surface area contributed by atoms with Crippen molar-refractivity contribution in [2.24, 2.45) is 0 Å². The molecule has 0 bridgehead atoms. The molecule has 1 atom stereocenters. The summed E-state index contributed by atoms with van der Waals surface area (Å²) in [7, 11) is 0. The second kappa shape index (κ2) is 4.11. The fourth-order valence-corrected chi connectivity index (χ4v) is 3.00. The molecule has 0 aliphatic carbocycles. The van der Waals surface area contributed by atoms with E-state index in [1.54, 1.807) is 0 Å². The van der Waals surface area contributed by atoms with Crippen molar-refractivity contribution in [3.05, 3.63) is 33.7 Å². The third-order valence-corrected chi connectivity index (χ3v) is 4.97. The fourth-order valence-electron chi connectivity index (χ4n) is 3.00. The van der Waals surface area contributed by atoms with Crippen LogP contribution in [0.25, 0.3) is 0 Å². The highest BCUT2D eigenvalue weighted by Gasteiger charge is 2.35. The maximum atomic E-state index is 2.44. The molecule has 1 aliphatic rings. The van der Waals surface area contributed by atoms with Gasteiger partial charge >= 0.3 is 0 Å². The van der Waals surface area contributed by atoms with Crippen molar-refractivity contribution in [2.75, 3.05) is 0 Å². The third-order valence-electron chi connectivity index (χ3n) is 4.97. The maximum absolute atomic E-state index is 2.44. The van der Waals surface area contributed by atoms with Crippen LogP contribution < -0.4 is 0 Å². The number of nitrogens with zero attached hydrogens (tertiary/aromatic N) is 2. The van der Waals surface area contributed by atoms with Crippen LogP contribution in [-0.4, -0.2) is 21.1 Å². The Morgan fingerprint density at radius 2 is 1.28 bits per heavy atom. The predicted molar refractivity (Wildman–Crippen MR) is 77.6 cm³/mol. The molecular formula is C16H25N2+. The van der Waals surface area contributed by atoms with Gasteiger partial charge in [0.05, 0.1) is 11.4 Å². The van der Waals surface area contributed by atoms with Crippen LogP contribution in [-0.2, 0) is 0 Å². The fraction of sp³-hybridized carbons (Fsp3) is 0.562. The highest BCUT2D eigenvalue weighted by molar-refractivity contribution is 5.96. The largest absolute Gasteiger partial charge is 0.207 e. The minimum atomic E-state index is 0.452. The van der Waals surface area contributed by atoms with Crippen LogP contribution in [0.2, 0.25) is 0 Å². The number of rotatable bonds is 1. The number of allylic oxidation sites excluding steroid dienone is 1. The maximum Gasteiger partial charge on any atom is 0.207 e. The van der Waals surface area contributed by atoms with Gasteiger partial charge in [-0.15, -0.1) is 9.36 Å². The first-order valence-corrected chi connectivity index (χ1v) is 6.75. The van der Waals surface area contributed by atoms with E-state index in [1.807, 2.05) is 0 Å². The number of hydrogen-bond donors (Lipinski definition) is 0. The predicted octanol–water partition coefficient (Wildman–Crippen LogP) is 3.70. The SMILES string of the molecule is CC1=C(C)[C@H](C)[N+](n2c(C)c(C)c(C)c2C)=C1C. The molecule has 0 spiro atoms. The molecule has 0 fully saturated rings. The lowest BCUT2D eigenvalue weighted by Crippen LogP contribution is -2.31. The zero-order valence-corrected chi connectivity index (χ0v) is 13.0. The first kappa shape index (κ1) is 13.1. The second-order valence-electron chi connectivity index (χ2n) is 5.65. The molecule has 98 valence electrons. The Kier molecular flexibility index (Phi) is 3.00. The molecular weight excluding hydrogens is 220 g/mol. The Hall–Kier alpha value is -1.31. The Morgan fingerprint density at radius 3 is 1.61 bits per heavy atom. The molecule has 0 saturated carbocycles. The lowest BCUT2D eigenvalue weighted by Gasteiger charge is -2.12. The van der Waals surface area contributed by atoms with Crippen molar-refractivity contribution in [1.82, 2.24) is 4.68 Å². The van der Waals surface area contributed by atoms with E-state index < -0.39 is 0 Å². The van der Waals surface area contributed by atoms with Gasteiger partial charge < -0.3 is 0 Å². The highest BCUT2D eigenvalue weighted by atomic mass is 15.5. The zero-order valence-electron chi connectivity index (χ0n) is 13.0. The van der Waals surface area contributed by atoms with Crippen molar-refractivity contribution in [2.45, 2.75) is 61.4 Å². The van der Waals surface area contributed by atoms with E-state index in [0.717, 1.165) is 0 Å². The summed E-state index contributed by atoms with van der Waals surface area (Å²) in [6.45, 7) is 17.9. The van der Waals surface area contributed by atoms with Gasteiger partial charge in [-0.05, 0) is 52.7 Å². The normalized spacial score (nSPS) is 20.3. The zero-order chi connectivity index (χ0) is 13.8. The topological polar surface area (TPSA) is 7.94 Å². The van der Waals surface area contributed by atoms with Crippen LogP contribution in [0.4, 0.5) is 0 Å². The van der Waals surface area contributed by atoms with Gasteiger partial charge in [-0.1, -0.05) is 0 Å². The standard InChI is InChI=1S/C16H25N2/c1-9-10(2)14(6)17(13(9)5)18-15(7)11(3)12(4)16(18)8/h13H,1-8H3/q+1/t13-/m0/s1. The van der Waals surface area contributed by atoms with Gasteiger partial charge in [0.2, 0.25) is 11.8 Å². The summed E-state index contributed by atoms with van der Waals surface area (Å²) in [6.07, 6.45) is 0. The Labute approximate surface area is 111 Å². The van der Waals surface area contributed by atoms with Crippen molar-refractivity contribution in [3.63, 3.8) is 0 Å². The summed E-state index contributed by atoms with van der Waals surface area (Å²) >= 11 is 0. The molecule has 1 aromatic rings. The number of aromatic nitrogens is 1. The summed E-state index contributed by atoms with van der Waals surface area (Å²) in [4.78, 5) is 0. The number of hydrogen-bond acceptors (Lipinski definition) is 0. The van der Waals surface area contributed by atoms with Gasteiger partial charge in [-0.3, -0.25) is 0 Å².